The highest BCUT2D eigenvalue weighted by Gasteiger charge is 2.37. The van der Waals surface area contributed by atoms with Gasteiger partial charge < -0.3 is 4.74 Å². The Balaban J connectivity index is 1.83. The van der Waals surface area contributed by atoms with Crippen LogP contribution in [0.3, 0.4) is 0 Å². The third-order valence-corrected chi connectivity index (χ3v) is 7.07. The molecule has 2 unspecified atom stereocenters. The van der Waals surface area contributed by atoms with Crippen LogP contribution in [0.1, 0.15) is 25.0 Å². The smallest absolute Gasteiger partial charge is 0.246 e. The summed E-state index contributed by atoms with van der Waals surface area (Å²) in [6, 6.07) is 15.8. The quantitative estimate of drug-likeness (QED) is 0.789. The van der Waals surface area contributed by atoms with Gasteiger partial charge >= 0.3 is 0 Å². The normalized spacial score (nSPS) is 21.9. The zero-order valence-corrected chi connectivity index (χ0v) is 17.2. The van der Waals surface area contributed by atoms with Crippen molar-refractivity contribution in [1.82, 2.24) is 9.21 Å². The van der Waals surface area contributed by atoms with Gasteiger partial charge in [-0.15, -0.1) is 0 Å². The number of hydrogen-bond acceptors (Lipinski definition) is 4. The molecule has 2 aromatic rings. The van der Waals surface area contributed by atoms with E-state index in [9.17, 15) is 8.42 Å². The Morgan fingerprint density at radius 2 is 1.67 bits per heavy atom. The maximum atomic E-state index is 13.3. The predicted molar refractivity (Wildman–Crippen MR) is 107 cm³/mol. The molecular formula is C21H28N2O3S. The molecule has 5 nitrogen and oxygen atoms in total. The van der Waals surface area contributed by atoms with Crippen LogP contribution in [0.5, 0.6) is 5.75 Å². The van der Waals surface area contributed by atoms with Crippen molar-refractivity contribution in [3.8, 4) is 5.75 Å². The minimum Gasteiger partial charge on any atom is -0.495 e. The van der Waals surface area contributed by atoms with Crippen LogP contribution in [0.25, 0.3) is 0 Å². The van der Waals surface area contributed by atoms with Crippen molar-refractivity contribution in [3.05, 3.63) is 59.7 Å². The summed E-state index contributed by atoms with van der Waals surface area (Å²) in [5.74, 6) is 0.396. The Morgan fingerprint density at radius 1 is 1.04 bits per heavy atom. The third kappa shape index (κ3) is 4.18. The van der Waals surface area contributed by atoms with Crippen LogP contribution in [-0.2, 0) is 16.6 Å². The van der Waals surface area contributed by atoms with Crippen molar-refractivity contribution in [2.75, 3.05) is 20.2 Å². The Labute approximate surface area is 162 Å². The first kappa shape index (κ1) is 19.9. The fourth-order valence-corrected chi connectivity index (χ4v) is 5.58. The van der Waals surface area contributed by atoms with E-state index in [1.807, 2.05) is 31.2 Å². The fraction of sp³-hybridized carbons (Fsp3) is 0.429. The molecule has 1 aliphatic rings. The molecular weight excluding hydrogens is 360 g/mol. The highest BCUT2D eigenvalue weighted by molar-refractivity contribution is 7.89. The summed E-state index contributed by atoms with van der Waals surface area (Å²) < 4.78 is 33.5. The zero-order chi connectivity index (χ0) is 19.6. The van der Waals surface area contributed by atoms with Gasteiger partial charge in [0.1, 0.15) is 10.6 Å². The highest BCUT2D eigenvalue weighted by Crippen LogP contribution is 2.30. The number of aryl methyl sites for hydroxylation is 1. The number of sulfonamides is 1. The summed E-state index contributed by atoms with van der Waals surface area (Å²) in [6.07, 6.45) is 0. The number of hydrogen-bond donors (Lipinski definition) is 0. The molecule has 2 aromatic carbocycles. The number of benzene rings is 2. The van der Waals surface area contributed by atoms with Crippen LogP contribution in [0.15, 0.2) is 53.4 Å². The van der Waals surface area contributed by atoms with Crippen LogP contribution >= 0.6 is 0 Å². The predicted octanol–water partition coefficient (Wildman–Crippen LogP) is 3.29. The van der Waals surface area contributed by atoms with Gasteiger partial charge in [-0.2, -0.15) is 4.31 Å². The Morgan fingerprint density at radius 3 is 2.26 bits per heavy atom. The molecule has 0 spiro atoms. The summed E-state index contributed by atoms with van der Waals surface area (Å²) in [5, 5.41) is 0. The Kier molecular flexibility index (Phi) is 5.89. The number of ether oxygens (including phenoxy) is 1. The van der Waals surface area contributed by atoms with Crippen LogP contribution in [0, 0.1) is 6.92 Å². The van der Waals surface area contributed by atoms with E-state index in [0.717, 1.165) is 12.1 Å². The summed E-state index contributed by atoms with van der Waals surface area (Å²) in [6.45, 7) is 7.84. The average molecular weight is 389 g/mol. The number of rotatable bonds is 5. The molecule has 0 aromatic heterocycles. The molecule has 1 heterocycles. The van der Waals surface area contributed by atoms with Crippen LogP contribution in [-0.4, -0.2) is 49.9 Å². The first-order valence-electron chi connectivity index (χ1n) is 9.27. The molecule has 3 rings (SSSR count). The van der Waals surface area contributed by atoms with Crippen molar-refractivity contribution < 1.29 is 13.2 Å². The van der Waals surface area contributed by atoms with Gasteiger partial charge in [0, 0.05) is 31.7 Å². The van der Waals surface area contributed by atoms with E-state index in [2.05, 4.69) is 30.9 Å². The second-order valence-corrected chi connectivity index (χ2v) is 9.24. The summed E-state index contributed by atoms with van der Waals surface area (Å²) in [4.78, 5) is 2.62. The molecule has 27 heavy (non-hydrogen) atoms. The summed E-state index contributed by atoms with van der Waals surface area (Å²) >= 11 is 0. The van der Waals surface area contributed by atoms with E-state index in [1.165, 1.54) is 12.7 Å². The second-order valence-electron chi connectivity index (χ2n) is 7.33. The van der Waals surface area contributed by atoms with Crippen LogP contribution in [0.2, 0.25) is 0 Å². The van der Waals surface area contributed by atoms with Gasteiger partial charge in [-0.05, 0) is 44.0 Å². The first-order valence-corrected chi connectivity index (χ1v) is 10.7. The van der Waals surface area contributed by atoms with Gasteiger partial charge in [0.25, 0.3) is 0 Å². The minimum atomic E-state index is -3.61. The number of piperazine rings is 1. The van der Waals surface area contributed by atoms with Gasteiger partial charge in [-0.25, -0.2) is 8.42 Å². The van der Waals surface area contributed by atoms with Crippen LogP contribution < -0.4 is 4.74 Å². The van der Waals surface area contributed by atoms with Crippen molar-refractivity contribution in [1.29, 1.82) is 0 Å². The van der Waals surface area contributed by atoms with Crippen LogP contribution in [0.4, 0.5) is 0 Å². The topological polar surface area (TPSA) is 49.9 Å². The molecule has 0 aliphatic carbocycles. The lowest BCUT2D eigenvalue weighted by atomic mass is 10.1. The minimum absolute atomic E-state index is 0.125. The fourth-order valence-electron chi connectivity index (χ4n) is 3.73. The van der Waals surface area contributed by atoms with Crippen molar-refractivity contribution in [2.24, 2.45) is 0 Å². The molecule has 146 valence electrons. The lowest BCUT2D eigenvalue weighted by Gasteiger charge is -2.43. The molecule has 6 heteroatoms. The van der Waals surface area contributed by atoms with Crippen molar-refractivity contribution in [2.45, 2.75) is 44.3 Å². The van der Waals surface area contributed by atoms with E-state index in [1.54, 1.807) is 16.4 Å². The molecule has 0 radical (unpaired) electrons. The second kappa shape index (κ2) is 8.00. The number of methoxy groups -OCH3 is 1. The van der Waals surface area contributed by atoms with Gasteiger partial charge in [-0.3, -0.25) is 4.90 Å². The summed E-state index contributed by atoms with van der Waals surface area (Å²) in [7, 11) is -2.10. The lowest BCUT2D eigenvalue weighted by molar-refractivity contribution is 0.0698. The maximum absolute atomic E-state index is 13.3. The lowest BCUT2D eigenvalue weighted by Crippen LogP contribution is -2.57. The molecule has 0 saturated carbocycles. The standard InChI is InChI=1S/C21H28N2O3S/c1-16-10-11-20(26-4)21(12-16)27(24,25)22-13-17(2)23(18(3)14-22)15-19-8-6-5-7-9-19/h5-12,17-18H,13-15H2,1-4H3. The summed E-state index contributed by atoms with van der Waals surface area (Å²) in [5.41, 5.74) is 2.14. The van der Waals surface area contributed by atoms with E-state index in [4.69, 9.17) is 4.74 Å². The van der Waals surface area contributed by atoms with E-state index >= 15 is 0 Å². The highest BCUT2D eigenvalue weighted by atomic mass is 32.2. The molecule has 2 atom stereocenters. The van der Waals surface area contributed by atoms with E-state index in [-0.39, 0.29) is 17.0 Å². The Hall–Kier alpha value is -1.89. The molecule has 0 N–H and O–H groups in total. The molecule has 1 aliphatic heterocycles. The largest absolute Gasteiger partial charge is 0.495 e. The third-order valence-electron chi connectivity index (χ3n) is 5.21. The van der Waals surface area contributed by atoms with Gasteiger partial charge in [-0.1, -0.05) is 36.4 Å². The SMILES string of the molecule is COc1ccc(C)cc1S(=O)(=O)N1CC(C)N(Cc2ccccc2)C(C)C1. The zero-order valence-electron chi connectivity index (χ0n) is 16.4. The van der Waals surface area contributed by atoms with E-state index in [0.29, 0.717) is 18.8 Å². The van der Waals surface area contributed by atoms with Gasteiger partial charge in [0.2, 0.25) is 10.0 Å². The van der Waals surface area contributed by atoms with Crippen molar-refractivity contribution in [3.63, 3.8) is 0 Å². The molecule has 1 fully saturated rings. The first-order chi connectivity index (χ1) is 12.8. The maximum Gasteiger partial charge on any atom is 0.246 e. The molecule has 0 amide bonds. The van der Waals surface area contributed by atoms with E-state index < -0.39 is 10.0 Å². The van der Waals surface area contributed by atoms with Gasteiger partial charge in [0.15, 0.2) is 0 Å². The molecule has 1 saturated heterocycles. The monoisotopic (exact) mass is 388 g/mol. The average Bonchev–Trinajstić information content (AvgIpc) is 2.65. The molecule has 0 bridgehead atoms. The van der Waals surface area contributed by atoms with Crippen molar-refractivity contribution >= 4 is 10.0 Å². The Bertz CT molecular complexity index is 872. The number of nitrogens with zero attached hydrogens (tertiary/aromatic N) is 2. The van der Waals surface area contributed by atoms with Gasteiger partial charge in [0.05, 0.1) is 7.11 Å².